The van der Waals surface area contributed by atoms with E-state index >= 15 is 0 Å². The summed E-state index contributed by atoms with van der Waals surface area (Å²) in [5, 5.41) is 3.49. The predicted octanol–water partition coefficient (Wildman–Crippen LogP) is 3.70. The average Bonchev–Trinajstić information content (AvgIpc) is 2.78. The summed E-state index contributed by atoms with van der Waals surface area (Å²) < 4.78 is 17.9. The number of likely N-dealkylation sites (tertiary alicyclic amines) is 1. The van der Waals surface area contributed by atoms with Crippen molar-refractivity contribution >= 4 is 5.96 Å². The van der Waals surface area contributed by atoms with Crippen LogP contribution >= 0.6 is 0 Å². The molecule has 3 rings (SSSR count). The van der Waals surface area contributed by atoms with Crippen LogP contribution in [0.25, 0.3) is 0 Å². The average molecular weight is 418 g/mol. The Hall–Kier alpha value is -1.79. The molecule has 0 radical (unpaired) electrons. The van der Waals surface area contributed by atoms with Crippen LogP contribution in [0.15, 0.2) is 23.2 Å². The molecular weight excluding hydrogens is 378 g/mol. The summed E-state index contributed by atoms with van der Waals surface area (Å²) in [6.07, 6.45) is 7.28. The first-order chi connectivity index (χ1) is 14.7. The summed E-state index contributed by atoms with van der Waals surface area (Å²) >= 11 is 0. The molecule has 1 aromatic rings. The Morgan fingerprint density at radius 2 is 1.93 bits per heavy atom. The second-order valence-corrected chi connectivity index (χ2v) is 8.41. The Kier molecular flexibility index (Phi) is 9.27. The van der Waals surface area contributed by atoms with E-state index in [1.54, 1.807) is 0 Å². The monoisotopic (exact) mass is 417 g/mol. The Morgan fingerprint density at radius 3 is 2.60 bits per heavy atom. The maximum atomic E-state index is 6.13. The van der Waals surface area contributed by atoms with Crippen LogP contribution in [-0.4, -0.2) is 69.6 Å². The topological polar surface area (TPSA) is 55.3 Å². The van der Waals surface area contributed by atoms with Gasteiger partial charge in [0.25, 0.3) is 0 Å². The predicted molar refractivity (Wildman–Crippen MR) is 122 cm³/mol. The molecule has 0 aromatic heterocycles. The number of guanidine groups is 1. The highest BCUT2D eigenvalue weighted by molar-refractivity contribution is 5.79. The number of hydrogen-bond donors (Lipinski definition) is 1. The van der Waals surface area contributed by atoms with Gasteiger partial charge < -0.3 is 24.4 Å². The lowest BCUT2D eigenvalue weighted by Crippen LogP contribution is -2.47. The fourth-order valence-corrected chi connectivity index (χ4v) is 4.22. The molecule has 0 saturated carbocycles. The maximum Gasteiger partial charge on any atom is 0.193 e. The summed E-state index contributed by atoms with van der Waals surface area (Å²) in [4.78, 5) is 6.81. The largest absolute Gasteiger partial charge is 0.493 e. The van der Waals surface area contributed by atoms with Crippen LogP contribution in [-0.2, 0) is 9.47 Å². The molecule has 1 atom stereocenters. The Bertz CT molecular complexity index is 645. The minimum atomic E-state index is 0.303. The van der Waals surface area contributed by atoms with Gasteiger partial charge in [0.1, 0.15) is 5.75 Å². The number of aryl methyl sites for hydroxylation is 2. The molecule has 30 heavy (non-hydrogen) atoms. The number of para-hydroxylation sites is 1. The van der Waals surface area contributed by atoms with Crippen molar-refractivity contribution in [2.24, 2.45) is 4.99 Å². The lowest BCUT2D eigenvalue weighted by Gasteiger charge is -2.35. The van der Waals surface area contributed by atoms with Gasteiger partial charge in [-0.1, -0.05) is 18.2 Å². The van der Waals surface area contributed by atoms with Crippen LogP contribution in [0.5, 0.6) is 5.75 Å². The van der Waals surface area contributed by atoms with Gasteiger partial charge in [-0.2, -0.15) is 0 Å². The third-order valence-corrected chi connectivity index (χ3v) is 6.00. The number of nitrogens with one attached hydrogen (secondary N) is 1. The lowest BCUT2D eigenvalue weighted by atomic mass is 10.1. The highest BCUT2D eigenvalue weighted by Crippen LogP contribution is 2.22. The van der Waals surface area contributed by atoms with Crippen LogP contribution in [0.2, 0.25) is 0 Å². The number of rotatable bonds is 8. The normalized spacial score (nSPS) is 21.0. The number of ether oxygens (including phenoxy) is 3. The molecule has 6 nitrogen and oxygen atoms in total. The van der Waals surface area contributed by atoms with E-state index in [4.69, 9.17) is 14.2 Å². The summed E-state index contributed by atoms with van der Waals surface area (Å²) in [6.45, 7) is 9.35. The third-order valence-electron chi connectivity index (χ3n) is 6.00. The highest BCUT2D eigenvalue weighted by atomic mass is 16.5. The molecule has 6 heteroatoms. The SMILES string of the molecule is CN=C(NCCCOc1c(C)cccc1C)N1CCC(OCC2CCCCO2)CC1. The van der Waals surface area contributed by atoms with Gasteiger partial charge in [0, 0.05) is 33.3 Å². The Balaban J connectivity index is 1.30. The van der Waals surface area contributed by atoms with Gasteiger partial charge in [-0.3, -0.25) is 4.99 Å². The molecule has 1 aromatic carbocycles. The second-order valence-electron chi connectivity index (χ2n) is 8.41. The molecule has 0 amide bonds. The first kappa shape index (κ1) is 22.9. The summed E-state index contributed by atoms with van der Waals surface area (Å²) in [6, 6.07) is 6.26. The van der Waals surface area contributed by atoms with E-state index < -0.39 is 0 Å². The zero-order valence-corrected chi connectivity index (χ0v) is 19.0. The zero-order chi connectivity index (χ0) is 21.2. The molecule has 168 valence electrons. The van der Waals surface area contributed by atoms with E-state index in [1.807, 2.05) is 7.05 Å². The molecule has 0 aliphatic carbocycles. The molecule has 0 spiro atoms. The molecular formula is C24H39N3O3. The van der Waals surface area contributed by atoms with Gasteiger partial charge in [0.15, 0.2) is 5.96 Å². The minimum Gasteiger partial charge on any atom is -0.493 e. The number of hydrogen-bond acceptors (Lipinski definition) is 4. The highest BCUT2D eigenvalue weighted by Gasteiger charge is 2.23. The van der Waals surface area contributed by atoms with Crippen molar-refractivity contribution in [2.75, 3.05) is 46.5 Å². The summed E-state index contributed by atoms with van der Waals surface area (Å²) in [5.74, 6) is 2.00. The van der Waals surface area contributed by atoms with Crippen molar-refractivity contribution < 1.29 is 14.2 Å². The van der Waals surface area contributed by atoms with Crippen LogP contribution in [0.4, 0.5) is 0 Å². The van der Waals surface area contributed by atoms with E-state index in [0.717, 1.165) is 70.2 Å². The number of aliphatic imine (C=N–C) groups is 1. The van der Waals surface area contributed by atoms with Gasteiger partial charge in [-0.05, 0) is 63.5 Å². The second kappa shape index (κ2) is 12.2. The lowest BCUT2D eigenvalue weighted by molar-refractivity contribution is -0.0721. The fraction of sp³-hybridized carbons (Fsp3) is 0.708. The molecule has 1 N–H and O–H groups in total. The smallest absolute Gasteiger partial charge is 0.193 e. The van der Waals surface area contributed by atoms with Crippen LogP contribution < -0.4 is 10.1 Å². The number of piperidine rings is 1. The molecule has 2 aliphatic heterocycles. The molecule has 0 bridgehead atoms. The summed E-state index contributed by atoms with van der Waals surface area (Å²) in [5.41, 5.74) is 2.39. The molecule has 2 saturated heterocycles. The van der Waals surface area contributed by atoms with Crippen molar-refractivity contribution in [2.45, 2.75) is 64.6 Å². The van der Waals surface area contributed by atoms with Gasteiger partial charge in [0.2, 0.25) is 0 Å². The molecule has 2 fully saturated rings. The first-order valence-electron chi connectivity index (χ1n) is 11.5. The Labute approximate surface area is 182 Å². The van der Waals surface area contributed by atoms with E-state index in [2.05, 4.69) is 47.3 Å². The maximum absolute atomic E-state index is 6.13. The van der Waals surface area contributed by atoms with E-state index in [-0.39, 0.29) is 0 Å². The van der Waals surface area contributed by atoms with Crippen LogP contribution in [0, 0.1) is 13.8 Å². The van der Waals surface area contributed by atoms with Crippen molar-refractivity contribution in [3.05, 3.63) is 29.3 Å². The quantitative estimate of drug-likeness (QED) is 0.397. The van der Waals surface area contributed by atoms with Gasteiger partial charge >= 0.3 is 0 Å². The third kappa shape index (κ3) is 6.88. The molecule has 2 heterocycles. The Morgan fingerprint density at radius 1 is 1.17 bits per heavy atom. The van der Waals surface area contributed by atoms with Gasteiger partial charge in [-0.15, -0.1) is 0 Å². The fourth-order valence-electron chi connectivity index (χ4n) is 4.22. The van der Waals surface area contributed by atoms with Gasteiger partial charge in [0.05, 0.1) is 25.4 Å². The molecule has 2 aliphatic rings. The standard InChI is InChI=1S/C24H39N3O3/c1-19-8-6-9-20(2)23(19)29-17-7-13-26-24(25-3)27-14-11-21(12-15-27)30-18-22-10-4-5-16-28-22/h6,8-9,21-22H,4-5,7,10-18H2,1-3H3,(H,25,26). The van der Waals surface area contributed by atoms with Crippen LogP contribution in [0.1, 0.15) is 49.7 Å². The van der Waals surface area contributed by atoms with E-state index in [9.17, 15) is 0 Å². The molecule has 1 unspecified atom stereocenters. The van der Waals surface area contributed by atoms with Crippen molar-refractivity contribution in [1.82, 2.24) is 10.2 Å². The van der Waals surface area contributed by atoms with Crippen LogP contribution in [0.3, 0.4) is 0 Å². The number of benzene rings is 1. The van der Waals surface area contributed by atoms with Crippen molar-refractivity contribution in [1.29, 1.82) is 0 Å². The van der Waals surface area contributed by atoms with Gasteiger partial charge in [-0.25, -0.2) is 0 Å². The van der Waals surface area contributed by atoms with Crippen molar-refractivity contribution in [3.63, 3.8) is 0 Å². The number of nitrogens with zero attached hydrogens (tertiary/aromatic N) is 2. The first-order valence-corrected chi connectivity index (χ1v) is 11.5. The summed E-state index contributed by atoms with van der Waals surface area (Å²) in [7, 11) is 1.86. The zero-order valence-electron chi connectivity index (χ0n) is 19.0. The minimum absolute atomic E-state index is 0.303. The van der Waals surface area contributed by atoms with E-state index in [0.29, 0.717) is 18.8 Å². The van der Waals surface area contributed by atoms with E-state index in [1.165, 1.54) is 24.0 Å². The van der Waals surface area contributed by atoms with Crippen molar-refractivity contribution in [3.8, 4) is 5.75 Å².